The standard InChI is InChI=1S/C58H55N5/c1-59-61(60(39-42-16-5-2-6-17-42)40-43-18-7-3-8-19-43)41-44-28-30-45(31-29-44)47-34-37-56-53(38-47)51-22-11-13-25-54(51)62(56)49-35-32-46(33-36-49)50-24-15-27-57-58(50)52-23-12-14-26-55(52)63(57)48-20-9-4-10-21-48/h2-10,12-13,15-21,23-25,27-28,30-38,44,52,55,59H,11,14,22,26,29,39-41H2,1H3. The summed E-state index contributed by atoms with van der Waals surface area (Å²) in [6.45, 7) is 2.55. The Bertz CT molecular complexity index is 2810. The number of nitrogens with one attached hydrogen (secondary N) is 1. The van der Waals surface area contributed by atoms with Crippen LogP contribution in [0.2, 0.25) is 0 Å². The Morgan fingerprint density at radius 1 is 0.667 bits per heavy atom. The minimum absolute atomic E-state index is 0.382. The number of anilines is 2. The van der Waals surface area contributed by atoms with Crippen LogP contribution in [0.4, 0.5) is 11.4 Å². The number of allylic oxidation sites excluding steroid dienone is 5. The minimum atomic E-state index is 0.382. The predicted molar refractivity (Wildman–Crippen MR) is 263 cm³/mol. The highest BCUT2D eigenvalue weighted by atomic mass is 15.8. The number of aromatic nitrogens is 1. The zero-order chi connectivity index (χ0) is 42.1. The Kier molecular flexibility index (Phi) is 10.8. The number of fused-ring (bicyclic) bond motifs is 6. The molecule has 0 radical (unpaired) electrons. The fraction of sp³-hybridized carbons (Fsp3) is 0.207. The molecule has 3 aliphatic carbocycles. The lowest BCUT2D eigenvalue weighted by Gasteiger charge is -2.36. The van der Waals surface area contributed by atoms with Crippen LogP contribution in [0.3, 0.4) is 0 Å². The van der Waals surface area contributed by atoms with Gasteiger partial charge in [-0.15, -0.1) is 0 Å². The van der Waals surface area contributed by atoms with E-state index in [4.69, 9.17) is 0 Å². The van der Waals surface area contributed by atoms with Crippen molar-refractivity contribution >= 4 is 33.9 Å². The van der Waals surface area contributed by atoms with Gasteiger partial charge < -0.3 is 9.47 Å². The van der Waals surface area contributed by atoms with Crippen LogP contribution in [0.15, 0.2) is 188 Å². The molecule has 3 atom stereocenters. The van der Waals surface area contributed by atoms with E-state index in [1.54, 1.807) is 0 Å². The molecule has 7 aromatic rings. The van der Waals surface area contributed by atoms with Gasteiger partial charge in [-0.2, -0.15) is 5.12 Å². The summed E-state index contributed by atoms with van der Waals surface area (Å²) in [5, 5.41) is 6.10. The predicted octanol–water partition coefficient (Wildman–Crippen LogP) is 13.2. The van der Waals surface area contributed by atoms with Crippen LogP contribution in [0.25, 0.3) is 39.4 Å². The quantitative estimate of drug-likeness (QED) is 0.0981. The molecule has 1 aromatic heterocycles. The Labute approximate surface area is 372 Å². The van der Waals surface area contributed by atoms with Crippen LogP contribution >= 0.6 is 0 Å². The zero-order valence-electron chi connectivity index (χ0n) is 36.2. The van der Waals surface area contributed by atoms with E-state index in [0.29, 0.717) is 17.9 Å². The Morgan fingerprint density at radius 3 is 2.11 bits per heavy atom. The van der Waals surface area contributed by atoms with E-state index < -0.39 is 0 Å². The molecule has 0 saturated carbocycles. The molecule has 312 valence electrons. The van der Waals surface area contributed by atoms with Crippen LogP contribution < -0.4 is 10.3 Å². The number of para-hydroxylation sites is 1. The van der Waals surface area contributed by atoms with Crippen LogP contribution in [-0.2, 0) is 19.5 Å². The molecular formula is C58H55N5. The number of aryl methyl sites for hydroxylation is 1. The van der Waals surface area contributed by atoms with Gasteiger partial charge in [-0.3, -0.25) is 0 Å². The summed E-state index contributed by atoms with van der Waals surface area (Å²) in [4.78, 5) is 2.60. The highest BCUT2D eigenvalue weighted by Gasteiger charge is 2.40. The first-order valence-electron chi connectivity index (χ1n) is 22.9. The second kappa shape index (κ2) is 17.3. The SMILES string of the molecule is CNN(CC1C=CC(c2ccc3c(c2)c2c(n3-c3ccc(-c4cccc5c4C4C=CCCC4N5c4ccccc4)cc3)C=CCC2)=CC1)N(Cc1ccccc1)Cc1ccccc1. The molecule has 2 heterocycles. The Hall–Kier alpha value is -6.50. The van der Waals surface area contributed by atoms with Crippen LogP contribution in [0, 0.1) is 5.92 Å². The van der Waals surface area contributed by atoms with Crippen molar-refractivity contribution in [3.05, 3.63) is 222 Å². The van der Waals surface area contributed by atoms with Crippen molar-refractivity contribution < 1.29 is 0 Å². The maximum absolute atomic E-state index is 3.53. The molecule has 5 nitrogen and oxygen atoms in total. The average molecular weight is 822 g/mol. The summed E-state index contributed by atoms with van der Waals surface area (Å²) in [7, 11) is 2.04. The number of rotatable bonds is 12. The number of hydrazine groups is 2. The van der Waals surface area contributed by atoms with E-state index in [9.17, 15) is 0 Å². The van der Waals surface area contributed by atoms with Gasteiger partial charge in [0, 0.05) is 66.8 Å². The topological polar surface area (TPSA) is 26.7 Å². The molecule has 6 aromatic carbocycles. The highest BCUT2D eigenvalue weighted by molar-refractivity contribution is 5.94. The summed E-state index contributed by atoms with van der Waals surface area (Å²) >= 11 is 0. The van der Waals surface area contributed by atoms with Crippen LogP contribution in [0.1, 0.15) is 65.1 Å². The van der Waals surface area contributed by atoms with E-state index >= 15 is 0 Å². The first-order chi connectivity index (χ1) is 31.2. The molecule has 1 N–H and O–H groups in total. The van der Waals surface area contributed by atoms with Gasteiger partial charge in [0.25, 0.3) is 0 Å². The molecule has 1 aliphatic heterocycles. The number of hydrogen-bond acceptors (Lipinski definition) is 4. The van der Waals surface area contributed by atoms with Crippen molar-refractivity contribution in [3.8, 4) is 16.8 Å². The van der Waals surface area contributed by atoms with Gasteiger partial charge in [0.05, 0.1) is 5.52 Å². The van der Waals surface area contributed by atoms with Crippen molar-refractivity contribution in [2.45, 2.75) is 57.2 Å². The van der Waals surface area contributed by atoms with Crippen LogP contribution in [-0.4, -0.2) is 34.3 Å². The third kappa shape index (κ3) is 7.61. The molecule has 11 rings (SSSR count). The number of benzene rings is 6. The number of hydrogen-bond donors (Lipinski definition) is 1. The summed E-state index contributed by atoms with van der Waals surface area (Å²) in [5.74, 6) is 0.772. The van der Waals surface area contributed by atoms with Gasteiger partial charge in [0.15, 0.2) is 0 Å². The number of nitrogens with zero attached hydrogens (tertiary/aromatic N) is 4. The molecule has 0 fully saturated rings. The smallest absolute Gasteiger partial charge is 0.0538 e. The monoisotopic (exact) mass is 821 g/mol. The van der Waals surface area contributed by atoms with E-state index in [1.165, 1.54) is 78.2 Å². The molecular weight excluding hydrogens is 767 g/mol. The summed E-state index contributed by atoms with van der Waals surface area (Å²) < 4.78 is 2.49. The normalized spacial score (nSPS) is 18.8. The Balaban J connectivity index is 0.852. The molecule has 0 saturated heterocycles. The first-order valence-corrected chi connectivity index (χ1v) is 22.9. The van der Waals surface area contributed by atoms with Gasteiger partial charge in [-0.05, 0) is 131 Å². The van der Waals surface area contributed by atoms with Gasteiger partial charge >= 0.3 is 0 Å². The summed E-state index contributed by atoms with van der Waals surface area (Å²) in [6.07, 6.45) is 22.2. The molecule has 0 bridgehead atoms. The van der Waals surface area contributed by atoms with Gasteiger partial charge in [-0.1, -0.05) is 146 Å². The van der Waals surface area contributed by atoms with Crippen LogP contribution in [0.5, 0.6) is 0 Å². The summed E-state index contributed by atoms with van der Waals surface area (Å²) in [6, 6.07) is 56.4. The third-order valence-electron chi connectivity index (χ3n) is 13.8. The van der Waals surface area contributed by atoms with Gasteiger partial charge in [0.2, 0.25) is 0 Å². The maximum Gasteiger partial charge on any atom is 0.0538 e. The Morgan fingerprint density at radius 2 is 1.40 bits per heavy atom. The lowest BCUT2D eigenvalue weighted by atomic mass is 9.84. The molecule has 63 heavy (non-hydrogen) atoms. The van der Waals surface area contributed by atoms with Crippen molar-refractivity contribution in [2.24, 2.45) is 5.92 Å². The lowest BCUT2D eigenvalue weighted by Crippen LogP contribution is -2.50. The first kappa shape index (κ1) is 39.4. The second-order valence-corrected chi connectivity index (χ2v) is 17.6. The van der Waals surface area contributed by atoms with Crippen molar-refractivity contribution in [1.82, 2.24) is 20.1 Å². The van der Waals surface area contributed by atoms with Gasteiger partial charge in [0.1, 0.15) is 0 Å². The van der Waals surface area contributed by atoms with E-state index in [-0.39, 0.29) is 0 Å². The van der Waals surface area contributed by atoms with E-state index in [0.717, 1.165) is 51.7 Å². The zero-order valence-corrected chi connectivity index (χ0v) is 36.2. The highest BCUT2D eigenvalue weighted by Crippen LogP contribution is 2.52. The molecule has 0 spiro atoms. The molecule has 3 unspecified atom stereocenters. The van der Waals surface area contributed by atoms with Crippen molar-refractivity contribution in [2.75, 3.05) is 18.5 Å². The second-order valence-electron chi connectivity index (χ2n) is 17.6. The molecule has 4 aliphatic rings. The fourth-order valence-corrected chi connectivity index (χ4v) is 10.7. The van der Waals surface area contributed by atoms with Crippen molar-refractivity contribution in [1.29, 1.82) is 0 Å². The fourth-order valence-electron chi connectivity index (χ4n) is 10.7. The lowest BCUT2D eigenvalue weighted by molar-refractivity contribution is -0.0847. The average Bonchev–Trinajstić information content (AvgIpc) is 3.87. The van der Waals surface area contributed by atoms with E-state index in [2.05, 4.69) is 219 Å². The maximum atomic E-state index is 3.53. The van der Waals surface area contributed by atoms with Gasteiger partial charge in [-0.25, -0.2) is 10.4 Å². The summed E-state index contributed by atoms with van der Waals surface area (Å²) in [5.41, 5.74) is 20.7. The molecule has 5 heteroatoms. The third-order valence-corrected chi connectivity index (χ3v) is 13.8. The largest absolute Gasteiger partial charge is 0.337 e. The van der Waals surface area contributed by atoms with Crippen molar-refractivity contribution in [3.63, 3.8) is 0 Å². The van der Waals surface area contributed by atoms with E-state index in [1.807, 2.05) is 7.05 Å². The molecule has 0 amide bonds. The minimum Gasteiger partial charge on any atom is -0.337 e.